The molecule has 0 spiro atoms. The molecule has 7 aliphatic rings. The molecule has 0 aromatic heterocycles. The van der Waals surface area contributed by atoms with Gasteiger partial charge in [0, 0.05) is 48.7 Å². The summed E-state index contributed by atoms with van der Waals surface area (Å²) in [6, 6.07) is 30.1. The Labute approximate surface area is 351 Å². The monoisotopic (exact) mass is 831 g/mol. The number of nitrogens with two attached hydrogens (primary N) is 2. The van der Waals surface area contributed by atoms with Gasteiger partial charge in [0.15, 0.2) is 5.96 Å². The molecule has 0 radical (unpaired) electrons. The van der Waals surface area contributed by atoms with Crippen molar-refractivity contribution >= 4 is 16.1 Å². The second kappa shape index (κ2) is 17.4. The van der Waals surface area contributed by atoms with Crippen LogP contribution in [-0.2, 0) is 33.4 Å². The minimum atomic E-state index is -4.59. The van der Waals surface area contributed by atoms with Crippen molar-refractivity contribution in [1.82, 2.24) is 0 Å². The highest BCUT2D eigenvalue weighted by Gasteiger charge is 2.47. The third-order valence-corrected chi connectivity index (χ3v) is 14.1. The molecule has 0 saturated carbocycles. The second-order valence-electron chi connectivity index (χ2n) is 17.0. The molecule has 12 heteroatoms. The lowest BCUT2D eigenvalue weighted by atomic mass is 9.65. The largest absolute Gasteiger partial charge is 0.508 e. The van der Waals surface area contributed by atoms with Gasteiger partial charge in [0.25, 0.3) is 10.1 Å². The summed E-state index contributed by atoms with van der Waals surface area (Å²) >= 11 is 0. The Morgan fingerprint density at radius 3 is 2.43 bits per heavy atom. The molecule has 11 nitrogen and oxygen atoms in total. The number of fused-ring (bicyclic) bond motifs is 7. The maximum atomic E-state index is 13.7. The highest BCUT2D eigenvalue weighted by atomic mass is 32.2. The number of hydrogen-bond donors (Lipinski definition) is 6. The fraction of sp³-hybridized carbons (Fsp3) is 0.396. The van der Waals surface area contributed by atoms with Crippen LogP contribution in [0, 0.1) is 35.5 Å². The number of guanidine groups is 1. The number of aliphatic imine (C=N–C) groups is 1. The molecule has 6 heterocycles. The van der Waals surface area contributed by atoms with E-state index < -0.39 is 33.1 Å². The van der Waals surface area contributed by atoms with Crippen LogP contribution in [0.3, 0.4) is 0 Å². The molecular formula is C48H53N3O8S. The van der Waals surface area contributed by atoms with E-state index >= 15 is 0 Å². The van der Waals surface area contributed by atoms with Crippen LogP contribution in [0.2, 0.25) is 0 Å². The van der Waals surface area contributed by atoms with Gasteiger partial charge in [0.1, 0.15) is 17.6 Å². The normalized spacial score (nSPS) is 27.8. The van der Waals surface area contributed by atoms with Crippen molar-refractivity contribution in [3.05, 3.63) is 142 Å². The Kier molecular flexibility index (Phi) is 12.1. The van der Waals surface area contributed by atoms with E-state index in [9.17, 15) is 28.3 Å². The Hall–Kier alpha value is -5.16. The van der Waals surface area contributed by atoms with Gasteiger partial charge in [-0.3, -0.25) is 4.55 Å². The van der Waals surface area contributed by atoms with Gasteiger partial charge in [-0.05, 0) is 109 Å². The standard InChI is InChI=1S/C48H53N3O8S/c49-47(50)51-48(27-33(29-53)21-31-5-2-1-3-6-31)38-14-12-34(13-15-38)45-36-23-37(26-43(45)44(60(55,56)57)20-11-30-9-17-40(59-48)18-10-30)46-42-19-16-39(54)24-35(42)8-4-7-32(28-52)22-41(25-36)58-46/h1-3,5-6,9-10,12-19,24,26,32-33,36,41,43-46,52-54H,7,11,20-23,25,27-29H2,(H4,49,50,51)(H,55,56,57). The van der Waals surface area contributed by atoms with Crippen molar-refractivity contribution in [3.8, 4) is 23.3 Å². The van der Waals surface area contributed by atoms with Crippen LogP contribution in [0.15, 0.2) is 114 Å². The number of aliphatic hydroxyl groups is 2. The molecule has 4 aromatic carbocycles. The first kappa shape index (κ1) is 41.6. The maximum absolute atomic E-state index is 13.7. The zero-order chi connectivity index (χ0) is 42.0. The third kappa shape index (κ3) is 8.97. The molecular weight excluding hydrogens is 779 g/mol. The predicted molar refractivity (Wildman–Crippen MR) is 229 cm³/mol. The van der Waals surface area contributed by atoms with Crippen LogP contribution >= 0.6 is 0 Å². The van der Waals surface area contributed by atoms with E-state index in [2.05, 4.69) is 11.8 Å². The summed E-state index contributed by atoms with van der Waals surface area (Å²) in [5.41, 5.74) is 16.6. The van der Waals surface area contributed by atoms with E-state index in [-0.39, 0.29) is 67.5 Å². The van der Waals surface area contributed by atoms with Crippen LogP contribution in [0.25, 0.3) is 0 Å². The van der Waals surface area contributed by atoms with Gasteiger partial charge in [-0.2, -0.15) is 8.42 Å². The lowest BCUT2D eigenvalue weighted by Gasteiger charge is -2.40. The van der Waals surface area contributed by atoms with E-state index in [4.69, 9.17) is 25.9 Å². The maximum Gasteiger partial charge on any atom is 0.268 e. The van der Waals surface area contributed by atoms with Crippen molar-refractivity contribution in [2.75, 3.05) is 13.2 Å². The Morgan fingerprint density at radius 2 is 1.73 bits per heavy atom. The fourth-order valence-electron chi connectivity index (χ4n) is 10.1. The van der Waals surface area contributed by atoms with Crippen molar-refractivity contribution in [2.45, 2.75) is 80.5 Å². The zero-order valence-electron chi connectivity index (χ0n) is 33.4. The molecule has 9 atom stereocenters. The number of nitrogens with zero attached hydrogens (tertiary/aromatic N) is 1. The summed E-state index contributed by atoms with van der Waals surface area (Å²) in [6.45, 7) is -0.214. The highest BCUT2D eigenvalue weighted by Crippen LogP contribution is 2.53. The summed E-state index contributed by atoms with van der Waals surface area (Å²) in [5, 5.41) is 30.5. The summed E-state index contributed by atoms with van der Waals surface area (Å²) in [6.07, 6.45) is 4.62. The van der Waals surface area contributed by atoms with Gasteiger partial charge < -0.3 is 36.3 Å². The average molecular weight is 832 g/mol. The van der Waals surface area contributed by atoms with Crippen LogP contribution in [-0.4, -0.2) is 58.8 Å². The summed E-state index contributed by atoms with van der Waals surface area (Å²) < 4.78 is 52.4. The topological polar surface area (TPSA) is 198 Å². The molecule has 8 bridgehead atoms. The number of phenols is 1. The van der Waals surface area contributed by atoms with Gasteiger partial charge in [-0.1, -0.05) is 90.7 Å². The number of aryl methyl sites for hydroxylation is 1. The lowest BCUT2D eigenvalue weighted by molar-refractivity contribution is -0.0131. The number of aliphatic hydroxyl groups excluding tert-OH is 2. The number of rotatable bonds is 8. The van der Waals surface area contributed by atoms with Gasteiger partial charge >= 0.3 is 0 Å². The van der Waals surface area contributed by atoms with Gasteiger partial charge in [-0.25, -0.2) is 4.99 Å². The highest BCUT2D eigenvalue weighted by molar-refractivity contribution is 7.86. The van der Waals surface area contributed by atoms with E-state index in [0.29, 0.717) is 55.4 Å². The van der Waals surface area contributed by atoms with Crippen molar-refractivity contribution < 1.29 is 37.8 Å². The number of ether oxygens (including phenoxy) is 2. The first-order valence-corrected chi connectivity index (χ1v) is 22.3. The van der Waals surface area contributed by atoms with Crippen molar-refractivity contribution in [2.24, 2.45) is 40.1 Å². The van der Waals surface area contributed by atoms with E-state index in [1.165, 1.54) is 0 Å². The van der Waals surface area contributed by atoms with Crippen molar-refractivity contribution in [1.29, 1.82) is 0 Å². The molecule has 0 amide bonds. The zero-order valence-corrected chi connectivity index (χ0v) is 34.3. The third-order valence-electron chi connectivity index (χ3n) is 12.8. The molecule has 6 aliphatic heterocycles. The van der Waals surface area contributed by atoms with Gasteiger partial charge in [-0.15, -0.1) is 0 Å². The Morgan fingerprint density at radius 1 is 0.967 bits per heavy atom. The average Bonchev–Trinajstić information content (AvgIpc) is 3.36. The van der Waals surface area contributed by atoms with E-state index in [1.54, 1.807) is 24.3 Å². The minimum absolute atomic E-state index is 0.0687. The quantitative estimate of drug-likeness (QED) is 0.0387. The molecule has 60 heavy (non-hydrogen) atoms. The van der Waals surface area contributed by atoms with Crippen LogP contribution in [0.5, 0.6) is 11.5 Å². The van der Waals surface area contributed by atoms with E-state index in [1.807, 2.05) is 78.9 Å². The summed E-state index contributed by atoms with van der Waals surface area (Å²) in [5.74, 6) is 5.24. The number of hydrogen-bond acceptors (Lipinski definition) is 8. The number of allylic oxidation sites excluding steroid dienone is 1. The van der Waals surface area contributed by atoms with Crippen LogP contribution in [0.4, 0.5) is 0 Å². The second-order valence-corrected chi connectivity index (χ2v) is 18.6. The minimum Gasteiger partial charge on any atom is -0.508 e. The van der Waals surface area contributed by atoms with Crippen LogP contribution < -0.4 is 16.2 Å². The number of aromatic hydroxyl groups is 1. The molecule has 11 rings (SSSR count). The van der Waals surface area contributed by atoms with Gasteiger partial charge in [0.05, 0.1) is 11.4 Å². The molecule has 314 valence electrons. The molecule has 8 N–H and O–H groups in total. The Balaban J connectivity index is 1.29. The van der Waals surface area contributed by atoms with Crippen molar-refractivity contribution in [3.63, 3.8) is 0 Å². The molecule has 4 aromatic rings. The molecule has 1 aliphatic carbocycles. The SMILES string of the molecule is NC(N)=NC1(CC(CO)Cc2ccccc2)Oc2ccc(cc2)CCC(S(=O)(=O)O)C2C=C3CC(CC4CC(CO)CC#Cc5cc(O)ccc5C3O4)C2c2ccc1cc2. The van der Waals surface area contributed by atoms with Crippen LogP contribution in [0.1, 0.15) is 83.9 Å². The predicted octanol–water partition coefficient (Wildman–Crippen LogP) is 6.27. The summed E-state index contributed by atoms with van der Waals surface area (Å²) in [7, 11) is -4.59. The van der Waals surface area contributed by atoms with Gasteiger partial charge in [0.2, 0.25) is 5.72 Å². The lowest BCUT2D eigenvalue weighted by Crippen LogP contribution is -2.39. The fourth-order valence-corrected chi connectivity index (χ4v) is 11.2. The molecule has 9 unspecified atom stereocenters. The summed E-state index contributed by atoms with van der Waals surface area (Å²) in [4.78, 5) is 4.78. The smallest absolute Gasteiger partial charge is 0.268 e. The molecule has 1 saturated heterocycles. The number of phenolic OH excluding ortho intramolecular Hbond substituents is 1. The number of benzene rings is 4. The first-order chi connectivity index (χ1) is 28.9. The molecule has 1 fully saturated rings. The first-order valence-electron chi connectivity index (χ1n) is 20.8. The Bertz CT molecular complexity index is 2390. The van der Waals surface area contributed by atoms with E-state index in [0.717, 1.165) is 27.8 Å².